The van der Waals surface area contributed by atoms with Crippen LogP contribution in [0.2, 0.25) is 0 Å². The molecule has 0 aliphatic carbocycles. The van der Waals surface area contributed by atoms with E-state index in [1.54, 1.807) is 13.4 Å². The molecule has 4 rings (SSSR count). The van der Waals surface area contributed by atoms with E-state index in [4.69, 9.17) is 9.15 Å². The Morgan fingerprint density at radius 3 is 2.66 bits per heavy atom. The number of hydrogen-bond acceptors (Lipinski definition) is 3. The molecule has 0 unspecified atom stereocenters. The van der Waals surface area contributed by atoms with Crippen molar-refractivity contribution >= 4 is 16.8 Å². The monoisotopic (exact) mass is 388 g/mol. The molecular formula is C24H24N2O3. The summed E-state index contributed by atoms with van der Waals surface area (Å²) >= 11 is 0. The molecule has 0 fully saturated rings. The molecule has 0 aliphatic heterocycles. The Morgan fingerprint density at radius 2 is 1.86 bits per heavy atom. The topological polar surface area (TPSA) is 56.4 Å². The van der Waals surface area contributed by atoms with Crippen molar-refractivity contribution in [3.8, 4) is 5.75 Å². The van der Waals surface area contributed by atoms with Gasteiger partial charge in [-0.2, -0.15) is 0 Å². The molecule has 2 aromatic carbocycles. The van der Waals surface area contributed by atoms with Crippen LogP contribution in [0.1, 0.15) is 29.2 Å². The van der Waals surface area contributed by atoms with Crippen molar-refractivity contribution in [1.82, 2.24) is 9.88 Å². The van der Waals surface area contributed by atoms with Crippen molar-refractivity contribution in [2.75, 3.05) is 7.11 Å². The van der Waals surface area contributed by atoms with Gasteiger partial charge in [0, 0.05) is 42.0 Å². The van der Waals surface area contributed by atoms with Crippen LogP contribution in [0.4, 0.5) is 0 Å². The van der Waals surface area contributed by atoms with Gasteiger partial charge in [-0.05, 0) is 29.8 Å². The minimum Gasteiger partial charge on any atom is -0.496 e. The number of methoxy groups -OCH3 is 1. The summed E-state index contributed by atoms with van der Waals surface area (Å²) < 4.78 is 13.0. The lowest BCUT2D eigenvalue weighted by Gasteiger charge is -2.19. The number of carbonyl (C=O) groups excluding carboxylic acids is 1. The predicted molar refractivity (Wildman–Crippen MR) is 113 cm³/mol. The molecule has 0 bridgehead atoms. The van der Waals surface area contributed by atoms with E-state index in [0.29, 0.717) is 13.0 Å². The molecule has 0 aliphatic rings. The van der Waals surface area contributed by atoms with E-state index in [1.807, 2.05) is 55.6 Å². The summed E-state index contributed by atoms with van der Waals surface area (Å²) in [4.78, 5) is 12.8. The summed E-state index contributed by atoms with van der Waals surface area (Å²) in [5.74, 6) is 1.35. The zero-order chi connectivity index (χ0) is 20.2. The van der Waals surface area contributed by atoms with Crippen molar-refractivity contribution in [2.45, 2.75) is 18.9 Å². The lowest BCUT2D eigenvalue weighted by Crippen LogP contribution is -2.25. The fraction of sp³-hybridized carbons (Fsp3) is 0.208. The molecule has 0 saturated heterocycles. The standard InChI is InChI=1S/C24H24N2O3/c1-26-16-21(18-9-3-5-11-22(18)26)20(19-10-4-6-12-23(19)28-2)14-24(27)25-15-17-8-7-13-29-17/h3-13,16,20H,14-15H2,1-2H3,(H,25,27)/t20-/m1/s1. The van der Waals surface area contributed by atoms with Crippen LogP contribution >= 0.6 is 0 Å². The maximum absolute atomic E-state index is 12.8. The van der Waals surface area contributed by atoms with E-state index < -0.39 is 0 Å². The van der Waals surface area contributed by atoms with E-state index >= 15 is 0 Å². The highest BCUT2D eigenvalue weighted by molar-refractivity contribution is 5.86. The first-order valence-electron chi connectivity index (χ1n) is 9.63. The molecule has 4 aromatic rings. The number of rotatable bonds is 7. The van der Waals surface area contributed by atoms with Crippen molar-refractivity contribution < 1.29 is 13.9 Å². The maximum atomic E-state index is 12.8. The van der Waals surface area contributed by atoms with Gasteiger partial charge in [0.25, 0.3) is 0 Å². The second-order valence-electron chi connectivity index (χ2n) is 7.07. The van der Waals surface area contributed by atoms with Crippen molar-refractivity contribution in [2.24, 2.45) is 7.05 Å². The van der Waals surface area contributed by atoms with Crippen molar-refractivity contribution in [3.63, 3.8) is 0 Å². The molecular weight excluding hydrogens is 364 g/mol. The number of fused-ring (bicyclic) bond motifs is 1. The number of amides is 1. The fourth-order valence-electron chi connectivity index (χ4n) is 3.85. The van der Waals surface area contributed by atoms with E-state index in [-0.39, 0.29) is 11.8 Å². The highest BCUT2D eigenvalue weighted by Crippen LogP contribution is 2.38. The number of aromatic nitrogens is 1. The third kappa shape index (κ3) is 3.90. The Hall–Kier alpha value is -3.47. The lowest BCUT2D eigenvalue weighted by atomic mass is 9.87. The highest BCUT2D eigenvalue weighted by atomic mass is 16.5. The SMILES string of the molecule is COc1ccccc1[C@@H](CC(=O)NCc1ccco1)c1cn(C)c2ccccc12. The average molecular weight is 388 g/mol. The van der Waals surface area contributed by atoms with Gasteiger partial charge in [0.2, 0.25) is 5.91 Å². The molecule has 148 valence electrons. The van der Waals surface area contributed by atoms with Crippen LogP contribution in [0.3, 0.4) is 0 Å². The van der Waals surface area contributed by atoms with E-state index in [0.717, 1.165) is 33.5 Å². The first-order valence-corrected chi connectivity index (χ1v) is 9.63. The Balaban J connectivity index is 1.70. The molecule has 1 atom stereocenters. The number of furan rings is 1. The number of ether oxygens (including phenoxy) is 1. The Labute approximate surface area is 169 Å². The summed E-state index contributed by atoms with van der Waals surface area (Å²) in [6.07, 6.45) is 4.03. The first-order chi connectivity index (χ1) is 14.2. The largest absolute Gasteiger partial charge is 0.496 e. The Kier molecular flexibility index (Phi) is 5.38. The van der Waals surface area contributed by atoms with Gasteiger partial charge in [0.05, 0.1) is 19.9 Å². The van der Waals surface area contributed by atoms with Crippen LogP contribution in [-0.2, 0) is 18.4 Å². The molecule has 1 N–H and O–H groups in total. The van der Waals surface area contributed by atoms with Crippen LogP contribution in [0.5, 0.6) is 5.75 Å². The number of carbonyl (C=O) groups is 1. The summed E-state index contributed by atoms with van der Waals surface area (Å²) in [6.45, 7) is 0.375. The molecule has 29 heavy (non-hydrogen) atoms. The lowest BCUT2D eigenvalue weighted by molar-refractivity contribution is -0.121. The molecule has 0 radical (unpaired) electrons. The predicted octanol–water partition coefficient (Wildman–Crippen LogP) is 4.62. The third-order valence-electron chi connectivity index (χ3n) is 5.25. The second-order valence-corrected chi connectivity index (χ2v) is 7.07. The molecule has 2 aromatic heterocycles. The van der Waals surface area contributed by atoms with E-state index in [9.17, 15) is 4.79 Å². The zero-order valence-corrected chi connectivity index (χ0v) is 16.6. The summed E-state index contributed by atoms with van der Waals surface area (Å²) in [5.41, 5.74) is 3.25. The van der Waals surface area contributed by atoms with Crippen LogP contribution < -0.4 is 10.1 Å². The minimum atomic E-state index is -0.131. The normalized spacial score (nSPS) is 12.1. The molecule has 1 amide bonds. The van der Waals surface area contributed by atoms with Gasteiger partial charge >= 0.3 is 0 Å². The van der Waals surface area contributed by atoms with Gasteiger partial charge in [0.15, 0.2) is 0 Å². The number of hydrogen-bond donors (Lipinski definition) is 1. The number of nitrogens with one attached hydrogen (secondary N) is 1. The summed E-state index contributed by atoms with van der Waals surface area (Å²) in [6, 6.07) is 19.8. The van der Waals surface area contributed by atoms with Gasteiger partial charge in [-0.25, -0.2) is 0 Å². The highest BCUT2D eigenvalue weighted by Gasteiger charge is 2.24. The van der Waals surface area contributed by atoms with Gasteiger partial charge in [0.1, 0.15) is 11.5 Å². The van der Waals surface area contributed by atoms with Crippen molar-refractivity contribution in [3.05, 3.63) is 90.0 Å². The van der Waals surface area contributed by atoms with Crippen LogP contribution in [0.15, 0.2) is 77.5 Å². The van der Waals surface area contributed by atoms with E-state index in [1.165, 1.54) is 0 Å². The number of benzene rings is 2. The number of para-hydroxylation sites is 2. The third-order valence-corrected chi connectivity index (χ3v) is 5.25. The summed E-state index contributed by atoms with van der Waals surface area (Å²) in [5, 5.41) is 4.11. The fourth-order valence-corrected chi connectivity index (χ4v) is 3.85. The summed E-state index contributed by atoms with van der Waals surface area (Å²) in [7, 11) is 3.69. The maximum Gasteiger partial charge on any atom is 0.221 e. The van der Waals surface area contributed by atoms with Gasteiger partial charge in [-0.3, -0.25) is 4.79 Å². The quantitative estimate of drug-likeness (QED) is 0.503. The number of aryl methyl sites for hydroxylation is 1. The molecule has 0 spiro atoms. The smallest absolute Gasteiger partial charge is 0.221 e. The van der Waals surface area contributed by atoms with Crippen LogP contribution in [-0.4, -0.2) is 17.6 Å². The minimum absolute atomic E-state index is 0.0368. The molecule has 5 heteroatoms. The van der Waals surface area contributed by atoms with Gasteiger partial charge in [-0.1, -0.05) is 36.4 Å². The first kappa shape index (κ1) is 18.9. The van der Waals surface area contributed by atoms with E-state index in [2.05, 4.69) is 28.2 Å². The van der Waals surface area contributed by atoms with Gasteiger partial charge in [-0.15, -0.1) is 0 Å². The molecule has 5 nitrogen and oxygen atoms in total. The van der Waals surface area contributed by atoms with Crippen LogP contribution in [0, 0.1) is 0 Å². The molecule has 0 saturated carbocycles. The van der Waals surface area contributed by atoms with Crippen LogP contribution in [0.25, 0.3) is 10.9 Å². The Bertz CT molecular complexity index is 1110. The number of nitrogens with zero attached hydrogens (tertiary/aromatic N) is 1. The Morgan fingerprint density at radius 1 is 1.07 bits per heavy atom. The molecule has 2 heterocycles. The van der Waals surface area contributed by atoms with Gasteiger partial charge < -0.3 is 19.0 Å². The average Bonchev–Trinajstić information content (AvgIpc) is 3.39. The second kappa shape index (κ2) is 8.27. The van der Waals surface area contributed by atoms with Crippen molar-refractivity contribution in [1.29, 1.82) is 0 Å². The zero-order valence-electron chi connectivity index (χ0n) is 16.6.